The topological polar surface area (TPSA) is 84.4 Å². The maximum Gasteiger partial charge on any atom is 0.256 e. The first-order valence-corrected chi connectivity index (χ1v) is 15.7. The Morgan fingerprint density at radius 3 is 2.49 bits per heavy atom. The van der Waals surface area contributed by atoms with Crippen LogP contribution in [-0.2, 0) is 0 Å². The second-order valence-electron chi connectivity index (χ2n) is 11.6. The van der Waals surface area contributed by atoms with Crippen LogP contribution in [0.25, 0.3) is 27.4 Å². The first-order chi connectivity index (χ1) is 20.9. The molecule has 2 atom stereocenters. The molecule has 1 amide bonds. The Bertz CT molecular complexity index is 1680. The Morgan fingerprint density at radius 2 is 1.79 bits per heavy atom. The largest absolute Gasteiger partial charge is 0.451 e. The summed E-state index contributed by atoms with van der Waals surface area (Å²) in [4.78, 5) is 27.2. The molecule has 5 rings (SSSR count). The van der Waals surface area contributed by atoms with Crippen LogP contribution in [0.5, 0.6) is 11.5 Å². The molecule has 1 aliphatic rings. The third-order valence-electron chi connectivity index (χ3n) is 8.67. The SMILES string of the molecule is CCCCC(CC)CNc1c(F)cc2c(=O)c(C(=O)NCCC(CCC)NC)cn3c2c1Oc1cc2ccccc2cc1-3. The molecular formula is C35H43FN4O3. The molecule has 3 aromatic carbocycles. The van der Waals surface area contributed by atoms with Crippen LogP contribution in [-0.4, -0.2) is 36.7 Å². The zero-order valence-corrected chi connectivity index (χ0v) is 25.7. The van der Waals surface area contributed by atoms with Crippen molar-refractivity contribution in [2.24, 2.45) is 5.92 Å². The van der Waals surface area contributed by atoms with E-state index in [9.17, 15) is 9.59 Å². The number of halogens is 1. The predicted molar refractivity (Wildman–Crippen MR) is 174 cm³/mol. The first-order valence-electron chi connectivity index (χ1n) is 15.7. The van der Waals surface area contributed by atoms with Gasteiger partial charge in [0.15, 0.2) is 17.3 Å². The molecule has 0 saturated carbocycles. The molecular weight excluding hydrogens is 543 g/mol. The van der Waals surface area contributed by atoms with Crippen LogP contribution >= 0.6 is 0 Å². The summed E-state index contributed by atoms with van der Waals surface area (Å²) in [5.41, 5.74) is 0.835. The lowest BCUT2D eigenvalue weighted by Crippen LogP contribution is -2.34. The fraction of sp³-hybridized carbons (Fsp3) is 0.429. The minimum absolute atomic E-state index is 0.0262. The number of pyridine rings is 1. The highest BCUT2D eigenvalue weighted by Crippen LogP contribution is 2.46. The van der Waals surface area contributed by atoms with Crippen molar-refractivity contribution in [1.29, 1.82) is 0 Å². The highest BCUT2D eigenvalue weighted by Gasteiger charge is 2.29. The van der Waals surface area contributed by atoms with Crippen LogP contribution < -0.4 is 26.1 Å². The number of ether oxygens (including phenoxy) is 1. The summed E-state index contributed by atoms with van der Waals surface area (Å²) in [6, 6.07) is 13.3. The Hall–Kier alpha value is -3.91. The molecule has 0 fully saturated rings. The van der Waals surface area contributed by atoms with Crippen molar-refractivity contribution in [1.82, 2.24) is 15.2 Å². The summed E-state index contributed by atoms with van der Waals surface area (Å²) in [5, 5.41) is 11.6. The van der Waals surface area contributed by atoms with Crippen LogP contribution in [0.2, 0.25) is 0 Å². The number of nitrogens with one attached hydrogen (secondary N) is 3. The van der Waals surface area contributed by atoms with Crippen molar-refractivity contribution in [3.05, 3.63) is 70.3 Å². The second-order valence-corrected chi connectivity index (χ2v) is 11.6. The number of amides is 1. The van der Waals surface area contributed by atoms with Gasteiger partial charge in [-0.25, -0.2) is 4.39 Å². The third kappa shape index (κ3) is 6.25. The molecule has 2 unspecified atom stereocenters. The lowest BCUT2D eigenvalue weighted by Gasteiger charge is -2.27. The van der Waals surface area contributed by atoms with Crippen LogP contribution in [0, 0.1) is 11.7 Å². The van der Waals surface area contributed by atoms with E-state index in [1.807, 2.05) is 48.0 Å². The zero-order chi connectivity index (χ0) is 30.5. The van der Waals surface area contributed by atoms with E-state index in [2.05, 4.69) is 36.7 Å². The Morgan fingerprint density at radius 1 is 1.02 bits per heavy atom. The summed E-state index contributed by atoms with van der Waals surface area (Å²) in [5.74, 6) is 0.140. The van der Waals surface area contributed by atoms with Crippen molar-refractivity contribution in [3.8, 4) is 17.2 Å². The minimum atomic E-state index is -0.574. The fourth-order valence-electron chi connectivity index (χ4n) is 6.06. The van der Waals surface area contributed by atoms with Gasteiger partial charge in [-0.2, -0.15) is 0 Å². The summed E-state index contributed by atoms with van der Waals surface area (Å²) < 4.78 is 24.1. The maximum atomic E-state index is 15.9. The number of carbonyl (C=O) groups is 1. The quantitative estimate of drug-likeness (QED) is 0.125. The van der Waals surface area contributed by atoms with Crippen molar-refractivity contribution in [2.45, 2.75) is 71.8 Å². The van der Waals surface area contributed by atoms with E-state index in [-0.39, 0.29) is 28.4 Å². The molecule has 1 aliphatic heterocycles. The average Bonchev–Trinajstić information content (AvgIpc) is 3.01. The number of carbonyl (C=O) groups excluding carboxylic acids is 1. The van der Waals surface area contributed by atoms with Gasteiger partial charge in [0.1, 0.15) is 16.8 Å². The van der Waals surface area contributed by atoms with E-state index in [0.29, 0.717) is 36.0 Å². The number of anilines is 1. The van der Waals surface area contributed by atoms with Gasteiger partial charge >= 0.3 is 0 Å². The highest BCUT2D eigenvalue weighted by molar-refractivity contribution is 6.02. The molecule has 0 spiro atoms. The van der Waals surface area contributed by atoms with E-state index < -0.39 is 17.2 Å². The van der Waals surface area contributed by atoms with Gasteiger partial charge in [0.2, 0.25) is 5.43 Å². The standard InChI is InChI=1S/C35H43FN4O3/c1-5-8-12-22(7-3)20-39-31-28(36)19-26-32-34(31)43-30-18-24-14-10-9-13-23(24)17-29(30)40(32)21-27(33(26)41)35(42)38-16-15-25(37-4)11-6-2/h9-10,13-14,17-19,21-22,25,37,39H,5-8,11-12,15-16,20H2,1-4H3,(H,38,42). The van der Waals surface area contributed by atoms with Gasteiger partial charge in [-0.05, 0) is 61.2 Å². The van der Waals surface area contributed by atoms with E-state index in [1.54, 1.807) is 6.20 Å². The van der Waals surface area contributed by atoms with Crippen LogP contribution in [0.1, 0.15) is 76.1 Å². The molecule has 1 aromatic heterocycles. The maximum absolute atomic E-state index is 15.9. The van der Waals surface area contributed by atoms with Gasteiger partial charge in [-0.1, -0.05) is 70.7 Å². The lowest BCUT2D eigenvalue weighted by atomic mass is 9.99. The lowest BCUT2D eigenvalue weighted by molar-refractivity contribution is 0.0950. The number of fused-ring (bicyclic) bond motifs is 3. The highest BCUT2D eigenvalue weighted by atomic mass is 19.1. The summed E-state index contributed by atoms with van der Waals surface area (Å²) in [6.45, 7) is 7.45. The number of hydrogen-bond donors (Lipinski definition) is 3. The molecule has 228 valence electrons. The van der Waals surface area contributed by atoms with Gasteiger partial charge in [0, 0.05) is 25.3 Å². The number of unbranched alkanes of at least 4 members (excludes halogenated alkanes) is 1. The van der Waals surface area contributed by atoms with Gasteiger partial charge in [-0.15, -0.1) is 0 Å². The second kappa shape index (κ2) is 13.6. The van der Waals surface area contributed by atoms with Crippen LogP contribution in [0.15, 0.2) is 53.5 Å². The van der Waals surface area contributed by atoms with Gasteiger partial charge < -0.3 is 25.3 Å². The molecule has 43 heavy (non-hydrogen) atoms. The Kier molecular flexibility index (Phi) is 9.65. The first kappa shape index (κ1) is 30.5. The number of hydrogen-bond acceptors (Lipinski definition) is 5. The normalized spacial score (nSPS) is 13.4. The van der Waals surface area contributed by atoms with E-state index in [0.717, 1.165) is 55.7 Å². The zero-order valence-electron chi connectivity index (χ0n) is 25.7. The minimum Gasteiger partial charge on any atom is -0.451 e. The van der Waals surface area contributed by atoms with Gasteiger partial charge in [-0.3, -0.25) is 9.59 Å². The van der Waals surface area contributed by atoms with E-state index in [4.69, 9.17) is 4.74 Å². The molecule has 0 bridgehead atoms. The molecule has 0 saturated heterocycles. The average molecular weight is 587 g/mol. The molecule has 3 N–H and O–H groups in total. The Balaban J connectivity index is 1.61. The number of aromatic nitrogens is 1. The van der Waals surface area contributed by atoms with Crippen molar-refractivity contribution >= 4 is 33.3 Å². The molecule has 7 nitrogen and oxygen atoms in total. The third-order valence-corrected chi connectivity index (χ3v) is 8.67. The number of nitrogens with zero attached hydrogens (tertiary/aromatic N) is 1. The summed E-state index contributed by atoms with van der Waals surface area (Å²) >= 11 is 0. The van der Waals surface area contributed by atoms with Crippen LogP contribution in [0.3, 0.4) is 0 Å². The number of rotatable bonds is 14. The molecule has 4 aromatic rings. The van der Waals surface area contributed by atoms with Gasteiger partial charge in [0.05, 0.1) is 11.1 Å². The van der Waals surface area contributed by atoms with Crippen molar-refractivity contribution in [2.75, 3.05) is 25.5 Å². The smallest absolute Gasteiger partial charge is 0.256 e. The van der Waals surface area contributed by atoms with Gasteiger partial charge in [0.25, 0.3) is 5.91 Å². The monoisotopic (exact) mass is 586 g/mol. The summed E-state index contributed by atoms with van der Waals surface area (Å²) in [7, 11) is 1.91. The van der Waals surface area contributed by atoms with Crippen molar-refractivity contribution < 1.29 is 13.9 Å². The fourth-order valence-corrected chi connectivity index (χ4v) is 6.06. The predicted octanol–water partition coefficient (Wildman–Crippen LogP) is 7.53. The molecule has 0 aliphatic carbocycles. The number of benzene rings is 3. The molecule has 2 heterocycles. The van der Waals surface area contributed by atoms with Crippen molar-refractivity contribution in [3.63, 3.8) is 0 Å². The molecule has 8 heteroatoms. The van der Waals surface area contributed by atoms with Crippen LogP contribution in [0.4, 0.5) is 10.1 Å². The molecule has 0 radical (unpaired) electrons. The summed E-state index contributed by atoms with van der Waals surface area (Å²) in [6.07, 6.45) is 8.61. The Labute approximate surface area is 252 Å². The van der Waals surface area contributed by atoms with E-state index in [1.165, 1.54) is 6.07 Å². The van der Waals surface area contributed by atoms with E-state index >= 15 is 4.39 Å².